The Morgan fingerprint density at radius 3 is 1.45 bits per heavy atom. The van der Waals surface area contributed by atoms with Gasteiger partial charge >= 0.3 is 11.9 Å². The Bertz CT molecular complexity index is 533. The highest BCUT2D eigenvalue weighted by Crippen LogP contribution is 1.95. The summed E-state index contributed by atoms with van der Waals surface area (Å²) in [7, 11) is 0. The first-order valence-electron chi connectivity index (χ1n) is 6.04. The summed E-state index contributed by atoms with van der Waals surface area (Å²) in [5, 5.41) is 0. The number of carbonyl (C=O) groups excluding carboxylic acids is 2. The van der Waals surface area contributed by atoms with Gasteiger partial charge in [0.25, 0.3) is 0 Å². The molecule has 0 radical (unpaired) electrons. The highest BCUT2D eigenvalue weighted by Gasteiger charge is 2.31. The van der Waals surface area contributed by atoms with Crippen molar-refractivity contribution in [2.75, 3.05) is 0 Å². The molecule has 0 atom stereocenters. The van der Waals surface area contributed by atoms with Crippen LogP contribution < -0.4 is 19.1 Å². The number of rotatable bonds is 4. The van der Waals surface area contributed by atoms with Crippen LogP contribution in [-0.2, 0) is 9.59 Å². The molecule has 0 amide bonds. The molecule has 6 nitrogen and oxygen atoms in total. The van der Waals surface area contributed by atoms with Crippen LogP contribution in [-0.4, -0.2) is 11.9 Å². The predicted octanol–water partition coefficient (Wildman–Crippen LogP) is -0.492. The van der Waals surface area contributed by atoms with Crippen molar-refractivity contribution in [1.29, 1.82) is 0 Å². The van der Waals surface area contributed by atoms with E-state index in [0.29, 0.717) is 0 Å². The van der Waals surface area contributed by atoms with Crippen molar-refractivity contribution in [3.63, 3.8) is 0 Å². The van der Waals surface area contributed by atoms with Crippen molar-refractivity contribution in [1.82, 2.24) is 0 Å². The maximum atomic E-state index is 11.8. The molecule has 0 spiro atoms. The third kappa shape index (κ3) is 3.61. The molecule has 0 fully saturated rings. The van der Waals surface area contributed by atoms with Gasteiger partial charge in [0.1, 0.15) is 0 Å². The van der Waals surface area contributed by atoms with Crippen LogP contribution in [0, 0.1) is 5.92 Å². The van der Waals surface area contributed by atoms with Crippen molar-refractivity contribution in [3.8, 4) is 0 Å². The van der Waals surface area contributed by atoms with Gasteiger partial charge in [0.15, 0.2) is 5.92 Å². The van der Waals surface area contributed by atoms with Crippen LogP contribution in [0.1, 0.15) is 6.92 Å². The molecule has 2 aromatic rings. The molecule has 0 saturated heterocycles. The lowest BCUT2D eigenvalue weighted by molar-refractivity contribution is -0.872. The summed E-state index contributed by atoms with van der Waals surface area (Å²) in [6, 6.07) is 10.4. The zero-order valence-electron chi connectivity index (χ0n) is 10.9. The van der Waals surface area contributed by atoms with Gasteiger partial charge in [-0.05, 0) is 6.92 Å². The number of nitrogens with zero attached hydrogens (tertiary/aromatic N) is 2. The predicted molar refractivity (Wildman–Crippen MR) is 65.6 cm³/mol. The maximum absolute atomic E-state index is 11.8. The van der Waals surface area contributed by atoms with E-state index in [1.165, 1.54) is 16.4 Å². The lowest BCUT2D eigenvalue weighted by atomic mass is 10.2. The molecular weight excluding hydrogens is 260 g/mol. The number of hydrogen-bond donors (Lipinski definition) is 0. The second-order valence-electron chi connectivity index (χ2n) is 4.01. The van der Waals surface area contributed by atoms with Gasteiger partial charge in [-0.25, -0.2) is 9.59 Å². The van der Waals surface area contributed by atoms with E-state index in [0.717, 1.165) is 0 Å². The van der Waals surface area contributed by atoms with Crippen LogP contribution in [0.5, 0.6) is 0 Å². The quantitative estimate of drug-likeness (QED) is 0.557. The van der Waals surface area contributed by atoms with Gasteiger partial charge in [-0.1, -0.05) is 12.1 Å². The fourth-order valence-electron chi connectivity index (χ4n) is 1.35. The van der Waals surface area contributed by atoms with Crippen molar-refractivity contribution in [2.45, 2.75) is 6.92 Å². The Morgan fingerprint density at radius 2 is 1.10 bits per heavy atom. The molecule has 0 unspecified atom stereocenters. The van der Waals surface area contributed by atoms with E-state index in [4.69, 9.17) is 9.68 Å². The number of pyridine rings is 2. The smallest absolute Gasteiger partial charge is 0.244 e. The summed E-state index contributed by atoms with van der Waals surface area (Å²) in [6.45, 7) is 1.43. The minimum absolute atomic E-state index is 0.692. The highest BCUT2D eigenvalue weighted by atomic mass is 16.7. The molecule has 0 bridgehead atoms. The zero-order chi connectivity index (χ0) is 14.4. The van der Waals surface area contributed by atoms with Gasteiger partial charge < -0.3 is 0 Å². The molecule has 0 aliphatic rings. The SMILES string of the molecule is CC(C(=O)O[n+]1ccccc1)C(=O)O[n+]1ccccc1. The number of aromatic nitrogens is 2. The molecular formula is C14H14N2O4+2. The second-order valence-corrected chi connectivity index (χ2v) is 4.01. The monoisotopic (exact) mass is 274 g/mol. The Hall–Kier alpha value is -2.76. The van der Waals surface area contributed by atoms with Crippen molar-refractivity contribution >= 4 is 11.9 Å². The van der Waals surface area contributed by atoms with Crippen molar-refractivity contribution in [3.05, 3.63) is 61.2 Å². The van der Waals surface area contributed by atoms with Crippen molar-refractivity contribution in [2.24, 2.45) is 5.92 Å². The average molecular weight is 274 g/mol. The lowest BCUT2D eigenvalue weighted by Crippen LogP contribution is -2.52. The third-order valence-corrected chi connectivity index (χ3v) is 2.47. The molecule has 2 rings (SSSR count). The number of carbonyl (C=O) groups is 2. The van der Waals surface area contributed by atoms with Crippen molar-refractivity contribution < 1.29 is 28.7 Å². The van der Waals surface area contributed by atoms with Crippen LogP contribution in [0.15, 0.2) is 61.2 Å². The standard InChI is InChI=1S/C14H14N2O4/c1-12(13(17)19-15-8-4-2-5-9-15)14(18)20-16-10-6-3-7-11-16/h2-12H,1H3/q+2. The first-order chi connectivity index (χ1) is 9.66. The fraction of sp³-hybridized carbons (Fsp3) is 0.143. The van der Waals surface area contributed by atoms with Gasteiger partial charge in [0.2, 0.25) is 24.8 Å². The Balaban J connectivity index is 1.95. The van der Waals surface area contributed by atoms with Crippen LogP contribution in [0.2, 0.25) is 0 Å². The van der Waals surface area contributed by atoms with E-state index < -0.39 is 17.9 Å². The largest absolute Gasteiger partial charge is 0.394 e. The Labute approximate surface area is 115 Å². The fourth-order valence-corrected chi connectivity index (χ4v) is 1.35. The molecule has 2 aromatic heterocycles. The van der Waals surface area contributed by atoms with Gasteiger partial charge in [-0.3, -0.25) is 0 Å². The highest BCUT2D eigenvalue weighted by molar-refractivity contribution is 5.94. The third-order valence-electron chi connectivity index (χ3n) is 2.47. The van der Waals surface area contributed by atoms with E-state index in [2.05, 4.69) is 0 Å². The molecule has 2 heterocycles. The van der Waals surface area contributed by atoms with Gasteiger partial charge in [0.05, 0.1) is 0 Å². The minimum Gasteiger partial charge on any atom is -0.244 e. The molecule has 0 aromatic carbocycles. The van der Waals surface area contributed by atoms with E-state index in [1.807, 2.05) is 0 Å². The van der Waals surface area contributed by atoms with Gasteiger partial charge in [0, 0.05) is 33.7 Å². The number of hydrogen-bond acceptors (Lipinski definition) is 4. The first kappa shape index (κ1) is 13.7. The molecule has 6 heteroatoms. The van der Waals surface area contributed by atoms with E-state index >= 15 is 0 Å². The summed E-state index contributed by atoms with van der Waals surface area (Å²) in [5.41, 5.74) is 0. The van der Waals surface area contributed by atoms with E-state index in [1.54, 1.807) is 61.2 Å². The average Bonchev–Trinajstić information content (AvgIpc) is 2.48. The Kier molecular flexibility index (Phi) is 4.39. The minimum atomic E-state index is -1.03. The molecule has 20 heavy (non-hydrogen) atoms. The Morgan fingerprint density at radius 1 is 0.750 bits per heavy atom. The summed E-state index contributed by atoms with van der Waals surface area (Å²) in [6.07, 6.45) is 6.23. The van der Waals surface area contributed by atoms with Crippen LogP contribution >= 0.6 is 0 Å². The summed E-state index contributed by atoms with van der Waals surface area (Å²) >= 11 is 0. The van der Waals surface area contributed by atoms with Gasteiger partial charge in [-0.15, -0.1) is 0 Å². The molecule has 102 valence electrons. The summed E-state index contributed by atoms with van der Waals surface area (Å²) in [5.74, 6) is -2.42. The van der Waals surface area contributed by atoms with Crippen LogP contribution in [0.25, 0.3) is 0 Å². The molecule has 0 N–H and O–H groups in total. The summed E-state index contributed by atoms with van der Waals surface area (Å²) in [4.78, 5) is 33.6. The summed E-state index contributed by atoms with van der Waals surface area (Å²) < 4.78 is 2.45. The molecule has 0 aliphatic heterocycles. The van der Waals surface area contributed by atoms with E-state index in [9.17, 15) is 9.59 Å². The zero-order valence-corrected chi connectivity index (χ0v) is 10.9. The lowest BCUT2D eigenvalue weighted by Gasteiger charge is -2.02. The molecule has 0 aliphatic carbocycles. The normalized spacial score (nSPS) is 10.1. The first-order valence-corrected chi connectivity index (χ1v) is 6.04. The molecule has 0 saturated carbocycles. The van der Waals surface area contributed by atoms with Crippen LogP contribution in [0.3, 0.4) is 0 Å². The van der Waals surface area contributed by atoms with Gasteiger partial charge in [-0.2, -0.15) is 9.68 Å². The van der Waals surface area contributed by atoms with E-state index in [-0.39, 0.29) is 0 Å². The van der Waals surface area contributed by atoms with Crippen LogP contribution in [0.4, 0.5) is 0 Å². The topological polar surface area (TPSA) is 60.4 Å². The maximum Gasteiger partial charge on any atom is 0.394 e. The second kappa shape index (κ2) is 6.42.